The van der Waals surface area contributed by atoms with Gasteiger partial charge in [-0.25, -0.2) is 4.39 Å². The topological polar surface area (TPSA) is 118 Å². The highest BCUT2D eigenvalue weighted by Crippen LogP contribution is 2.46. The number of aromatic nitrogens is 1. The Morgan fingerprint density at radius 1 is 1.13 bits per heavy atom. The van der Waals surface area contributed by atoms with E-state index in [1.54, 1.807) is 42.7 Å². The van der Waals surface area contributed by atoms with Gasteiger partial charge in [0.05, 0.1) is 43.6 Å². The highest BCUT2D eigenvalue weighted by molar-refractivity contribution is 7.99. The number of rotatable bonds is 10. The fraction of sp³-hybridized carbons (Fsp3) is 0.214. The van der Waals surface area contributed by atoms with Gasteiger partial charge in [0.15, 0.2) is 0 Å². The number of hydrogen-bond donors (Lipinski definition) is 3. The Bertz CT molecular complexity index is 1480. The molecule has 1 amide bonds. The maximum Gasteiger partial charge on any atom is 0.326 e. The maximum atomic E-state index is 14.3. The summed E-state index contributed by atoms with van der Waals surface area (Å²) in [4.78, 5) is 35.9. The second-order valence-corrected chi connectivity index (χ2v) is 11.7. The van der Waals surface area contributed by atoms with Gasteiger partial charge in [0.25, 0.3) is 0 Å². The minimum absolute atomic E-state index is 0.0519. The average molecular weight is 571 g/mol. The van der Waals surface area contributed by atoms with Crippen LogP contribution < -0.4 is 14.8 Å². The molecule has 4 rings (SSSR count). The minimum atomic E-state index is -4.13. The first-order valence-corrected chi connectivity index (χ1v) is 14.7. The van der Waals surface area contributed by atoms with Crippen molar-refractivity contribution in [3.8, 4) is 11.5 Å². The third-order valence-corrected chi connectivity index (χ3v) is 8.37. The van der Waals surface area contributed by atoms with Crippen molar-refractivity contribution in [2.75, 3.05) is 31.5 Å². The van der Waals surface area contributed by atoms with Crippen LogP contribution in [-0.2, 0) is 9.36 Å². The number of ether oxygens (including phenoxy) is 2. The van der Waals surface area contributed by atoms with Crippen molar-refractivity contribution < 1.29 is 33.0 Å². The number of methoxy groups -OCH3 is 2. The molecule has 0 atom stereocenters. The number of allylic oxidation sites excluding steroid dienone is 2. The molecule has 11 heteroatoms. The Morgan fingerprint density at radius 2 is 1.85 bits per heavy atom. The third-order valence-electron chi connectivity index (χ3n) is 6.16. The smallest absolute Gasteiger partial charge is 0.326 e. The highest BCUT2D eigenvalue weighted by Gasteiger charge is 2.26. The van der Waals surface area contributed by atoms with Crippen LogP contribution in [0.1, 0.15) is 30.0 Å². The van der Waals surface area contributed by atoms with Gasteiger partial charge in [-0.2, -0.15) is 0 Å². The number of anilines is 1. The number of hydrogen-bond acceptors (Lipinski definition) is 6. The van der Waals surface area contributed by atoms with Crippen LogP contribution >= 0.6 is 19.4 Å². The molecule has 2 aromatic carbocycles. The Morgan fingerprint density at radius 3 is 2.46 bits per heavy atom. The number of nitrogens with one attached hydrogen (secondary N) is 1. The molecule has 3 N–H and O–H groups in total. The summed E-state index contributed by atoms with van der Waals surface area (Å²) in [7, 11) is -1.11. The number of nitrogens with zero attached hydrogens (tertiary/aromatic N) is 1. The van der Waals surface area contributed by atoms with Crippen molar-refractivity contribution in [3.05, 3.63) is 82.9 Å². The summed E-state index contributed by atoms with van der Waals surface area (Å²) in [6.07, 6.45) is 4.88. The van der Waals surface area contributed by atoms with Crippen LogP contribution in [-0.4, -0.2) is 46.8 Å². The third kappa shape index (κ3) is 6.96. The van der Waals surface area contributed by atoms with Gasteiger partial charge in [0, 0.05) is 11.9 Å². The zero-order valence-electron chi connectivity index (χ0n) is 21.6. The first kappa shape index (κ1) is 28.6. The second kappa shape index (κ2) is 12.2. The lowest BCUT2D eigenvalue weighted by Crippen LogP contribution is -2.12. The Labute approximate surface area is 230 Å². The number of thioether (sulfide) groups is 1. The Balaban J connectivity index is 1.70. The first-order valence-electron chi connectivity index (χ1n) is 11.9. The van der Waals surface area contributed by atoms with Gasteiger partial charge in [0.2, 0.25) is 5.91 Å². The molecule has 0 bridgehead atoms. The molecular formula is C28H28FN2O6PS. The Hall–Kier alpha value is -3.43. The van der Waals surface area contributed by atoms with Crippen molar-refractivity contribution in [1.29, 1.82) is 0 Å². The van der Waals surface area contributed by atoms with Crippen molar-refractivity contribution in [2.45, 2.75) is 18.2 Å². The molecule has 0 fully saturated rings. The molecule has 3 aromatic rings. The molecule has 204 valence electrons. The lowest BCUT2D eigenvalue weighted by Gasteiger charge is -2.15. The van der Waals surface area contributed by atoms with E-state index in [1.165, 1.54) is 38.1 Å². The fourth-order valence-electron chi connectivity index (χ4n) is 4.34. The van der Waals surface area contributed by atoms with E-state index in [-0.39, 0.29) is 24.2 Å². The summed E-state index contributed by atoms with van der Waals surface area (Å²) in [6, 6.07) is 11.6. The second-order valence-electron chi connectivity index (χ2n) is 8.81. The molecule has 1 aliphatic carbocycles. The summed E-state index contributed by atoms with van der Waals surface area (Å²) in [5.74, 6) is 0.531. The van der Waals surface area contributed by atoms with E-state index in [0.717, 1.165) is 27.8 Å². The number of fused-ring (bicyclic) bond motifs is 1. The molecule has 39 heavy (non-hydrogen) atoms. The number of amides is 1. The molecule has 0 saturated carbocycles. The summed E-state index contributed by atoms with van der Waals surface area (Å²) in [5, 5.41) is 2.83. The Kier molecular flexibility index (Phi) is 8.92. The standard InChI is InChI=1S/C28H28FN2O6PS/c1-17-22(11-18-12-25(36-2)28(26(13-18)37-3)39-10-9-38(33,34)35)21-7-6-19(29)14-24(21)23(17)15-27(32)31-20-5-4-8-30-16-20/h4-8,11-14,16H,9-10,15H2,1-3H3,(H,31,32)(H2,33,34,35). The molecule has 0 spiro atoms. The van der Waals surface area contributed by atoms with E-state index < -0.39 is 13.4 Å². The summed E-state index contributed by atoms with van der Waals surface area (Å²) in [5.41, 5.74) is 5.18. The fourth-order valence-corrected chi connectivity index (χ4v) is 6.43. The van der Waals surface area contributed by atoms with Gasteiger partial charge in [-0.3, -0.25) is 14.3 Å². The van der Waals surface area contributed by atoms with E-state index in [2.05, 4.69) is 10.3 Å². The lowest BCUT2D eigenvalue weighted by atomic mass is 10.0. The first-order chi connectivity index (χ1) is 18.6. The molecule has 0 saturated heterocycles. The normalized spacial score (nSPS) is 13.9. The van der Waals surface area contributed by atoms with Crippen molar-refractivity contribution >= 4 is 48.2 Å². The molecule has 0 aliphatic heterocycles. The highest BCUT2D eigenvalue weighted by atomic mass is 32.2. The van der Waals surface area contributed by atoms with Gasteiger partial charge < -0.3 is 24.6 Å². The zero-order valence-corrected chi connectivity index (χ0v) is 23.3. The summed E-state index contributed by atoms with van der Waals surface area (Å²) in [6.45, 7) is 1.90. The molecule has 8 nitrogen and oxygen atoms in total. The number of halogens is 1. The van der Waals surface area contributed by atoms with E-state index >= 15 is 0 Å². The van der Waals surface area contributed by atoms with Crippen molar-refractivity contribution in [1.82, 2.24) is 4.98 Å². The number of benzene rings is 2. The summed E-state index contributed by atoms with van der Waals surface area (Å²) < 4.78 is 36.7. The molecule has 1 heterocycles. The maximum absolute atomic E-state index is 14.3. The van der Waals surface area contributed by atoms with Crippen LogP contribution in [0.5, 0.6) is 11.5 Å². The van der Waals surface area contributed by atoms with Gasteiger partial charge in [0.1, 0.15) is 17.3 Å². The van der Waals surface area contributed by atoms with Gasteiger partial charge >= 0.3 is 7.60 Å². The van der Waals surface area contributed by atoms with Crippen LogP contribution in [0, 0.1) is 5.82 Å². The van der Waals surface area contributed by atoms with Crippen LogP contribution in [0.25, 0.3) is 17.2 Å². The SMILES string of the molecule is COc1cc(C=C2C(C)=C(CC(=O)Nc3cccnc3)c3cc(F)ccc32)cc(OC)c1SCCP(=O)(O)O. The largest absolute Gasteiger partial charge is 0.495 e. The predicted octanol–water partition coefficient (Wildman–Crippen LogP) is 5.86. The number of carbonyl (C=O) groups is 1. The van der Waals surface area contributed by atoms with Gasteiger partial charge in [-0.05, 0) is 82.8 Å². The molecule has 1 aliphatic rings. The zero-order chi connectivity index (χ0) is 28.2. The van der Waals surface area contributed by atoms with E-state index in [4.69, 9.17) is 9.47 Å². The molecule has 0 radical (unpaired) electrons. The van der Waals surface area contributed by atoms with E-state index in [1.807, 2.05) is 13.0 Å². The van der Waals surface area contributed by atoms with Crippen LogP contribution in [0.4, 0.5) is 10.1 Å². The molecular weight excluding hydrogens is 542 g/mol. The number of carbonyl (C=O) groups excluding carboxylic acids is 1. The predicted molar refractivity (Wildman–Crippen MR) is 152 cm³/mol. The summed E-state index contributed by atoms with van der Waals surface area (Å²) >= 11 is 1.24. The van der Waals surface area contributed by atoms with Crippen LogP contribution in [0.2, 0.25) is 0 Å². The van der Waals surface area contributed by atoms with Crippen molar-refractivity contribution in [2.24, 2.45) is 0 Å². The monoisotopic (exact) mass is 570 g/mol. The van der Waals surface area contributed by atoms with Crippen molar-refractivity contribution in [3.63, 3.8) is 0 Å². The average Bonchev–Trinajstić information content (AvgIpc) is 3.13. The van der Waals surface area contributed by atoms with Crippen LogP contribution in [0.3, 0.4) is 0 Å². The van der Waals surface area contributed by atoms with E-state index in [9.17, 15) is 23.5 Å². The van der Waals surface area contributed by atoms with Gasteiger partial charge in [-0.1, -0.05) is 6.07 Å². The molecule has 1 aromatic heterocycles. The van der Waals surface area contributed by atoms with E-state index in [0.29, 0.717) is 27.6 Å². The van der Waals surface area contributed by atoms with Gasteiger partial charge in [-0.15, -0.1) is 11.8 Å². The molecule has 0 unspecified atom stereocenters. The minimum Gasteiger partial charge on any atom is -0.495 e. The number of pyridine rings is 1. The van der Waals surface area contributed by atoms with Crippen LogP contribution in [0.15, 0.2) is 65.3 Å². The quantitative estimate of drug-likeness (QED) is 0.205. The lowest BCUT2D eigenvalue weighted by molar-refractivity contribution is -0.115.